The van der Waals surface area contributed by atoms with E-state index in [2.05, 4.69) is 4.74 Å². The van der Waals surface area contributed by atoms with Crippen LogP contribution in [0.25, 0.3) is 0 Å². The van der Waals surface area contributed by atoms with Crippen LogP contribution in [0, 0.1) is 5.92 Å². The maximum atomic E-state index is 12.3. The first-order chi connectivity index (χ1) is 7.25. The van der Waals surface area contributed by atoms with Gasteiger partial charge in [0.05, 0.1) is 0 Å². The third kappa shape index (κ3) is 6.76. The molecule has 0 fully saturated rings. The van der Waals surface area contributed by atoms with E-state index in [0.29, 0.717) is 12.3 Å². The van der Waals surface area contributed by atoms with Crippen LogP contribution in [0.15, 0.2) is 0 Å². The quantitative estimate of drug-likeness (QED) is 0.614. The van der Waals surface area contributed by atoms with Crippen molar-refractivity contribution in [3.63, 3.8) is 0 Å². The molecule has 0 aliphatic carbocycles. The Balaban J connectivity index is 3.70. The fourth-order valence-electron chi connectivity index (χ4n) is 0.886. The van der Waals surface area contributed by atoms with E-state index < -0.39 is 25.6 Å². The van der Waals surface area contributed by atoms with Gasteiger partial charge < -0.3 is 4.74 Å². The highest BCUT2D eigenvalue weighted by molar-refractivity contribution is 5.79. The Morgan fingerprint density at radius 2 is 1.88 bits per heavy atom. The van der Waals surface area contributed by atoms with Crippen LogP contribution in [-0.2, 0) is 9.53 Å². The number of carbonyl (C=O) groups excluding carboxylic acids is 1. The minimum Gasteiger partial charge on any atom is -0.367 e. The molecule has 0 aliphatic rings. The molecule has 0 spiro atoms. The molecule has 0 unspecified atom stereocenters. The van der Waals surface area contributed by atoms with Gasteiger partial charge in [-0.15, -0.1) is 0 Å². The first kappa shape index (κ1) is 15.3. The lowest BCUT2D eigenvalue weighted by molar-refractivity contribution is -0.168. The van der Waals surface area contributed by atoms with Crippen LogP contribution < -0.4 is 0 Å². The number of Topliss-reactive ketones (excluding diaryl/α,β-unsaturated/α-hetero) is 1. The molecule has 0 aromatic rings. The monoisotopic (exact) mass is 244 g/mol. The highest BCUT2D eigenvalue weighted by Gasteiger charge is 2.41. The summed E-state index contributed by atoms with van der Waals surface area (Å²) in [5.74, 6) is -4.21. The van der Waals surface area contributed by atoms with Crippen molar-refractivity contribution in [1.29, 1.82) is 0 Å². The molecule has 2 nitrogen and oxygen atoms in total. The van der Waals surface area contributed by atoms with Gasteiger partial charge in [-0.2, -0.15) is 8.78 Å². The molecule has 0 rings (SSSR count). The second kappa shape index (κ2) is 6.83. The zero-order chi connectivity index (χ0) is 12.8. The van der Waals surface area contributed by atoms with Crippen molar-refractivity contribution in [3.8, 4) is 0 Å². The van der Waals surface area contributed by atoms with E-state index in [4.69, 9.17) is 0 Å². The maximum absolute atomic E-state index is 12.3. The van der Waals surface area contributed by atoms with Gasteiger partial charge in [0, 0.05) is 6.42 Å². The molecule has 0 heterocycles. The van der Waals surface area contributed by atoms with Crippen LogP contribution in [0.1, 0.15) is 26.7 Å². The first-order valence-electron chi connectivity index (χ1n) is 5.01. The summed E-state index contributed by atoms with van der Waals surface area (Å²) in [6.07, 6.45) is -2.91. The predicted molar refractivity (Wildman–Crippen MR) is 50.8 cm³/mol. The van der Waals surface area contributed by atoms with Crippen LogP contribution in [-0.4, -0.2) is 31.3 Å². The molecule has 96 valence electrons. The summed E-state index contributed by atoms with van der Waals surface area (Å²) in [6.45, 7) is 1.88. The second-order valence-corrected chi connectivity index (χ2v) is 4.03. The highest BCUT2D eigenvalue weighted by Crippen LogP contribution is 2.22. The molecule has 0 aromatic carbocycles. The van der Waals surface area contributed by atoms with E-state index in [-0.39, 0.29) is 12.2 Å². The number of ketones is 1. The van der Waals surface area contributed by atoms with E-state index >= 15 is 0 Å². The number of carbonyl (C=O) groups is 1. The Kier molecular flexibility index (Phi) is 6.55. The highest BCUT2D eigenvalue weighted by atomic mass is 19.3. The topological polar surface area (TPSA) is 26.3 Å². The van der Waals surface area contributed by atoms with Crippen molar-refractivity contribution < 1.29 is 27.1 Å². The summed E-state index contributed by atoms with van der Waals surface area (Å²) in [4.78, 5) is 11.0. The van der Waals surface area contributed by atoms with Crippen LogP contribution in [0.4, 0.5) is 17.6 Å². The van der Waals surface area contributed by atoms with Gasteiger partial charge in [-0.1, -0.05) is 13.8 Å². The first-order valence-corrected chi connectivity index (χ1v) is 5.01. The molecule has 0 aromatic heterocycles. The second-order valence-electron chi connectivity index (χ2n) is 4.03. The third-order valence-electron chi connectivity index (χ3n) is 1.88. The molecule has 0 bridgehead atoms. The lowest BCUT2D eigenvalue weighted by atomic mass is 10.1. The fraction of sp³-hybridized carbons (Fsp3) is 0.900. The zero-order valence-electron chi connectivity index (χ0n) is 9.31. The van der Waals surface area contributed by atoms with Gasteiger partial charge in [-0.05, 0) is 12.3 Å². The molecule has 0 atom stereocenters. The Labute approximate surface area is 92.0 Å². The van der Waals surface area contributed by atoms with Gasteiger partial charge in [0.1, 0.15) is 13.2 Å². The van der Waals surface area contributed by atoms with Gasteiger partial charge >= 0.3 is 12.3 Å². The summed E-state index contributed by atoms with van der Waals surface area (Å²) in [5, 5.41) is 0. The van der Waals surface area contributed by atoms with Gasteiger partial charge in [-0.25, -0.2) is 8.78 Å². The van der Waals surface area contributed by atoms with Crippen LogP contribution >= 0.6 is 0 Å². The summed E-state index contributed by atoms with van der Waals surface area (Å²) in [5.41, 5.74) is 0. The lowest BCUT2D eigenvalue weighted by Gasteiger charge is -2.14. The Morgan fingerprint density at radius 3 is 2.31 bits per heavy atom. The van der Waals surface area contributed by atoms with E-state index in [1.54, 1.807) is 0 Å². The largest absolute Gasteiger partial charge is 0.367 e. The number of hydrogen-bond acceptors (Lipinski definition) is 2. The third-order valence-corrected chi connectivity index (χ3v) is 1.88. The number of rotatable bonds is 8. The normalized spacial score (nSPS) is 12.5. The lowest BCUT2D eigenvalue weighted by Crippen LogP contribution is -2.33. The van der Waals surface area contributed by atoms with Gasteiger partial charge in [0.25, 0.3) is 0 Å². The number of alkyl halides is 4. The van der Waals surface area contributed by atoms with Crippen LogP contribution in [0.5, 0.6) is 0 Å². The van der Waals surface area contributed by atoms with Crippen molar-refractivity contribution in [2.45, 2.75) is 39.0 Å². The molecule has 6 heteroatoms. The molecule has 0 N–H and O–H groups in total. The fourth-order valence-corrected chi connectivity index (χ4v) is 0.886. The van der Waals surface area contributed by atoms with E-state index in [0.717, 1.165) is 0 Å². The van der Waals surface area contributed by atoms with Crippen molar-refractivity contribution in [3.05, 3.63) is 0 Å². The average Bonchev–Trinajstić information content (AvgIpc) is 2.14. The standard InChI is InChI=1S/C10H16F4O2/c1-7(2)3-4-8(15)5-16-6-10(13,14)9(11)12/h7,9H,3-6H2,1-2H3. The maximum Gasteiger partial charge on any atom is 0.330 e. The molecular formula is C10H16F4O2. The van der Waals surface area contributed by atoms with Crippen LogP contribution in [0.2, 0.25) is 0 Å². The number of ether oxygens (including phenoxy) is 1. The average molecular weight is 244 g/mol. The molecule has 0 aliphatic heterocycles. The molecule has 0 radical (unpaired) electrons. The Morgan fingerprint density at radius 1 is 1.31 bits per heavy atom. The zero-order valence-corrected chi connectivity index (χ0v) is 9.31. The van der Waals surface area contributed by atoms with Crippen molar-refractivity contribution >= 4 is 5.78 Å². The predicted octanol–water partition coefficient (Wildman–Crippen LogP) is 2.91. The molecular weight excluding hydrogens is 228 g/mol. The summed E-state index contributed by atoms with van der Waals surface area (Å²) in [7, 11) is 0. The summed E-state index contributed by atoms with van der Waals surface area (Å²) >= 11 is 0. The molecule has 16 heavy (non-hydrogen) atoms. The molecule has 0 amide bonds. The Hall–Kier alpha value is -0.650. The summed E-state index contributed by atoms with van der Waals surface area (Å²) in [6, 6.07) is 0. The van der Waals surface area contributed by atoms with E-state index in [9.17, 15) is 22.4 Å². The van der Waals surface area contributed by atoms with Crippen molar-refractivity contribution in [1.82, 2.24) is 0 Å². The molecule has 0 saturated carbocycles. The Bertz CT molecular complexity index is 217. The number of hydrogen-bond donors (Lipinski definition) is 0. The minimum absolute atomic E-state index is 0.220. The number of halogens is 4. The van der Waals surface area contributed by atoms with Crippen LogP contribution in [0.3, 0.4) is 0 Å². The minimum atomic E-state index is -4.18. The van der Waals surface area contributed by atoms with Crippen molar-refractivity contribution in [2.24, 2.45) is 5.92 Å². The smallest absolute Gasteiger partial charge is 0.330 e. The SMILES string of the molecule is CC(C)CCC(=O)COCC(F)(F)C(F)F. The van der Waals surface area contributed by atoms with Gasteiger partial charge in [-0.3, -0.25) is 4.79 Å². The van der Waals surface area contributed by atoms with Crippen molar-refractivity contribution in [2.75, 3.05) is 13.2 Å². The molecule has 0 saturated heterocycles. The van der Waals surface area contributed by atoms with E-state index in [1.165, 1.54) is 0 Å². The van der Waals surface area contributed by atoms with E-state index in [1.807, 2.05) is 13.8 Å². The van der Waals surface area contributed by atoms with Gasteiger partial charge in [0.15, 0.2) is 5.78 Å². The summed E-state index contributed by atoms with van der Waals surface area (Å²) < 4.78 is 52.3. The van der Waals surface area contributed by atoms with Gasteiger partial charge in [0.2, 0.25) is 0 Å².